The zero-order valence-corrected chi connectivity index (χ0v) is 18.2. The lowest BCUT2D eigenvalue weighted by Gasteiger charge is -2.28. The summed E-state index contributed by atoms with van der Waals surface area (Å²) in [5, 5.41) is 2.58. The number of hydrogen-bond acceptors (Lipinski definition) is 8. The third-order valence-corrected chi connectivity index (χ3v) is 7.03. The van der Waals surface area contributed by atoms with E-state index in [0.29, 0.717) is 43.1 Å². The Morgan fingerprint density at radius 1 is 1.24 bits per heavy atom. The van der Waals surface area contributed by atoms with Gasteiger partial charge in [-0.1, -0.05) is 6.07 Å². The summed E-state index contributed by atoms with van der Waals surface area (Å²) >= 11 is 1.43. The number of benzene rings is 1. The number of ether oxygens (including phenoxy) is 3. The lowest BCUT2D eigenvalue weighted by molar-refractivity contribution is -0.151. The highest BCUT2D eigenvalue weighted by Gasteiger charge is 2.30. The molecule has 1 aromatic carbocycles. The number of thiazole rings is 1. The van der Waals surface area contributed by atoms with Crippen molar-refractivity contribution in [2.45, 2.75) is 19.4 Å². The summed E-state index contributed by atoms with van der Waals surface area (Å²) in [6.07, 6.45) is 2.12. The number of piperidine rings is 1. The topological polar surface area (TPSA) is 95.0 Å². The predicted molar refractivity (Wildman–Crippen MR) is 110 cm³/mol. The highest BCUT2D eigenvalue weighted by Crippen LogP contribution is 2.39. The van der Waals surface area contributed by atoms with Gasteiger partial charge in [-0.3, -0.25) is 4.79 Å². The molecule has 158 valence electrons. The maximum absolute atomic E-state index is 12.3. The average Bonchev–Trinajstić information content (AvgIpc) is 3.19. The van der Waals surface area contributed by atoms with Crippen molar-refractivity contribution in [1.82, 2.24) is 9.29 Å². The first kappa shape index (κ1) is 21.5. The van der Waals surface area contributed by atoms with E-state index in [2.05, 4.69) is 4.98 Å². The van der Waals surface area contributed by atoms with Crippen molar-refractivity contribution in [2.24, 2.45) is 5.92 Å². The van der Waals surface area contributed by atoms with Crippen LogP contribution in [0.15, 0.2) is 23.6 Å². The highest BCUT2D eigenvalue weighted by atomic mass is 32.2. The second kappa shape index (κ2) is 9.10. The predicted octanol–water partition coefficient (Wildman–Crippen LogP) is 2.54. The molecule has 0 unspecified atom stereocenters. The van der Waals surface area contributed by atoms with E-state index in [9.17, 15) is 13.2 Å². The first-order valence-electron chi connectivity index (χ1n) is 9.11. The number of nitrogens with zero attached hydrogens (tertiary/aromatic N) is 2. The SMILES string of the molecule is COc1cccc(-c2nc(COC(=O)C3CCN(S(C)(=O)=O)CC3)cs2)c1OC. The van der Waals surface area contributed by atoms with E-state index in [4.69, 9.17) is 14.2 Å². The van der Waals surface area contributed by atoms with Gasteiger partial charge in [-0.05, 0) is 25.0 Å². The van der Waals surface area contributed by atoms with E-state index in [0.717, 1.165) is 10.6 Å². The van der Waals surface area contributed by atoms with Crippen LogP contribution in [0.4, 0.5) is 0 Å². The average molecular weight is 441 g/mol. The molecule has 0 bridgehead atoms. The van der Waals surface area contributed by atoms with Crippen LogP contribution in [-0.4, -0.2) is 57.2 Å². The number of sulfonamides is 1. The summed E-state index contributed by atoms with van der Waals surface area (Å²) in [5.74, 6) is 0.621. The number of carbonyl (C=O) groups excluding carboxylic acids is 1. The van der Waals surface area contributed by atoms with Crippen molar-refractivity contribution in [2.75, 3.05) is 33.6 Å². The third kappa shape index (κ3) is 5.06. The van der Waals surface area contributed by atoms with Gasteiger partial charge in [0.2, 0.25) is 10.0 Å². The molecule has 3 rings (SSSR count). The van der Waals surface area contributed by atoms with Crippen molar-refractivity contribution < 1.29 is 27.4 Å². The van der Waals surface area contributed by atoms with E-state index < -0.39 is 10.0 Å². The van der Waals surface area contributed by atoms with Gasteiger partial charge in [-0.2, -0.15) is 0 Å². The van der Waals surface area contributed by atoms with Crippen LogP contribution in [0.3, 0.4) is 0 Å². The first-order chi connectivity index (χ1) is 13.8. The molecule has 10 heteroatoms. The van der Waals surface area contributed by atoms with Crippen molar-refractivity contribution in [3.05, 3.63) is 29.3 Å². The Morgan fingerprint density at radius 2 is 1.97 bits per heavy atom. The van der Waals surface area contributed by atoms with Gasteiger partial charge >= 0.3 is 5.97 Å². The highest BCUT2D eigenvalue weighted by molar-refractivity contribution is 7.88. The summed E-state index contributed by atoms with van der Waals surface area (Å²) in [4.78, 5) is 16.9. The number of rotatable bonds is 7. The number of methoxy groups -OCH3 is 2. The van der Waals surface area contributed by atoms with Gasteiger partial charge < -0.3 is 14.2 Å². The van der Waals surface area contributed by atoms with Crippen LogP contribution in [0.1, 0.15) is 18.5 Å². The number of esters is 1. The molecule has 1 aromatic heterocycles. The molecular formula is C19H24N2O6S2. The number of aromatic nitrogens is 1. The van der Waals surface area contributed by atoms with Gasteiger partial charge in [0.25, 0.3) is 0 Å². The standard InChI is InChI=1S/C19H24N2O6S2/c1-25-16-6-4-5-15(17(16)26-2)18-20-14(12-28-18)11-27-19(22)13-7-9-21(10-8-13)29(3,23)24/h4-6,12-13H,7-11H2,1-3H3. The lowest BCUT2D eigenvalue weighted by Crippen LogP contribution is -2.40. The molecule has 2 heterocycles. The molecule has 0 saturated carbocycles. The van der Waals surface area contributed by atoms with Gasteiger partial charge in [0, 0.05) is 18.5 Å². The Kier molecular flexibility index (Phi) is 6.76. The Labute approximate surface area is 174 Å². The molecule has 0 N–H and O–H groups in total. The molecule has 0 radical (unpaired) electrons. The summed E-state index contributed by atoms with van der Waals surface area (Å²) in [6, 6.07) is 5.57. The van der Waals surface area contributed by atoms with E-state index in [1.165, 1.54) is 21.9 Å². The van der Waals surface area contributed by atoms with Gasteiger partial charge in [-0.15, -0.1) is 11.3 Å². The summed E-state index contributed by atoms with van der Waals surface area (Å²) in [5.41, 5.74) is 1.46. The number of carbonyl (C=O) groups is 1. The largest absolute Gasteiger partial charge is 0.493 e. The molecule has 0 spiro atoms. The van der Waals surface area contributed by atoms with Crippen LogP contribution in [0.2, 0.25) is 0 Å². The smallest absolute Gasteiger partial charge is 0.309 e. The zero-order valence-electron chi connectivity index (χ0n) is 16.6. The molecule has 1 aliphatic rings. The molecule has 0 atom stereocenters. The molecular weight excluding hydrogens is 416 g/mol. The van der Waals surface area contributed by atoms with Crippen molar-refractivity contribution in [1.29, 1.82) is 0 Å². The third-order valence-electron chi connectivity index (χ3n) is 4.80. The van der Waals surface area contributed by atoms with Crippen LogP contribution in [-0.2, 0) is 26.2 Å². The maximum atomic E-state index is 12.3. The summed E-state index contributed by atoms with van der Waals surface area (Å²) < 4.78 is 40.7. The minimum Gasteiger partial charge on any atom is -0.493 e. The van der Waals surface area contributed by atoms with Gasteiger partial charge in [0.1, 0.15) is 11.6 Å². The second-order valence-electron chi connectivity index (χ2n) is 6.73. The van der Waals surface area contributed by atoms with Gasteiger partial charge in [0.05, 0.1) is 37.7 Å². The van der Waals surface area contributed by atoms with Crippen LogP contribution in [0.25, 0.3) is 10.6 Å². The minimum absolute atomic E-state index is 0.0773. The molecule has 29 heavy (non-hydrogen) atoms. The fourth-order valence-corrected chi connectivity index (χ4v) is 4.94. The molecule has 2 aromatic rings. The fourth-order valence-electron chi connectivity index (χ4n) is 3.24. The van der Waals surface area contributed by atoms with Crippen LogP contribution >= 0.6 is 11.3 Å². The molecule has 1 fully saturated rings. The molecule has 0 amide bonds. The van der Waals surface area contributed by atoms with Crippen LogP contribution < -0.4 is 9.47 Å². The number of hydrogen-bond donors (Lipinski definition) is 0. The van der Waals surface area contributed by atoms with E-state index in [1.54, 1.807) is 14.2 Å². The Bertz CT molecular complexity index is 965. The number of para-hydroxylation sites is 1. The lowest BCUT2D eigenvalue weighted by atomic mass is 9.98. The normalized spacial score (nSPS) is 15.8. The second-order valence-corrected chi connectivity index (χ2v) is 9.57. The van der Waals surface area contributed by atoms with Gasteiger partial charge in [-0.25, -0.2) is 17.7 Å². The fraction of sp³-hybridized carbons (Fsp3) is 0.474. The van der Waals surface area contributed by atoms with Gasteiger partial charge in [0.15, 0.2) is 11.5 Å². The quantitative estimate of drug-likeness (QED) is 0.611. The Hall–Kier alpha value is -2.17. The zero-order chi connectivity index (χ0) is 21.0. The Balaban J connectivity index is 1.60. The first-order valence-corrected chi connectivity index (χ1v) is 11.8. The van der Waals surface area contributed by atoms with E-state index in [1.807, 2.05) is 23.6 Å². The molecule has 8 nitrogen and oxygen atoms in total. The van der Waals surface area contributed by atoms with Crippen LogP contribution in [0.5, 0.6) is 11.5 Å². The van der Waals surface area contributed by atoms with Crippen molar-refractivity contribution >= 4 is 27.3 Å². The van der Waals surface area contributed by atoms with Crippen molar-refractivity contribution in [3.63, 3.8) is 0 Å². The molecule has 1 aliphatic heterocycles. The molecule has 0 aliphatic carbocycles. The molecule has 1 saturated heterocycles. The maximum Gasteiger partial charge on any atom is 0.309 e. The van der Waals surface area contributed by atoms with E-state index >= 15 is 0 Å². The summed E-state index contributed by atoms with van der Waals surface area (Å²) in [7, 11) is -0.0571. The minimum atomic E-state index is -3.21. The monoisotopic (exact) mass is 440 g/mol. The van der Waals surface area contributed by atoms with Crippen LogP contribution in [0, 0.1) is 5.92 Å². The Morgan fingerprint density at radius 3 is 2.59 bits per heavy atom. The van der Waals surface area contributed by atoms with Crippen molar-refractivity contribution in [3.8, 4) is 22.1 Å². The van der Waals surface area contributed by atoms with E-state index in [-0.39, 0.29) is 18.5 Å². The summed E-state index contributed by atoms with van der Waals surface area (Å²) in [6.45, 7) is 0.762.